The van der Waals surface area contributed by atoms with Crippen LogP contribution in [0.2, 0.25) is 0 Å². The Bertz CT molecular complexity index is 414. The molecule has 0 atom stereocenters. The second-order valence-electron chi connectivity index (χ2n) is 3.87. The number of piperidine rings is 1. The van der Waals surface area contributed by atoms with E-state index in [2.05, 4.69) is 15.3 Å². The minimum atomic E-state index is -0.124. The van der Waals surface area contributed by atoms with Crippen molar-refractivity contribution in [1.29, 1.82) is 0 Å². The van der Waals surface area contributed by atoms with E-state index >= 15 is 0 Å². The normalized spacial score (nSPS) is 16.2. The highest BCUT2D eigenvalue weighted by atomic mass is 16.2. The van der Waals surface area contributed by atoms with Gasteiger partial charge in [-0.25, -0.2) is 4.98 Å². The van der Waals surface area contributed by atoms with Gasteiger partial charge in [0.1, 0.15) is 5.82 Å². The summed E-state index contributed by atoms with van der Waals surface area (Å²) >= 11 is 0. The van der Waals surface area contributed by atoms with Crippen molar-refractivity contribution < 1.29 is 9.59 Å². The Kier molecular flexibility index (Phi) is 3.32. The highest BCUT2D eigenvalue weighted by Crippen LogP contribution is 2.14. The largest absolute Gasteiger partial charge is 0.372 e. The molecule has 6 heteroatoms. The van der Waals surface area contributed by atoms with Crippen LogP contribution in [-0.4, -0.2) is 33.7 Å². The molecule has 0 spiro atoms. The lowest BCUT2D eigenvalue weighted by atomic mass is 10.1. The van der Waals surface area contributed by atoms with Crippen LogP contribution in [-0.2, 0) is 16.1 Å². The zero-order valence-corrected chi connectivity index (χ0v) is 9.64. The van der Waals surface area contributed by atoms with Gasteiger partial charge in [0, 0.05) is 19.9 Å². The molecule has 0 saturated carbocycles. The number of carbonyl (C=O) groups is 2. The summed E-state index contributed by atoms with van der Waals surface area (Å²) in [5, 5.41) is 2.85. The first kappa shape index (κ1) is 11.5. The molecular weight excluding hydrogens is 220 g/mol. The third kappa shape index (κ3) is 2.58. The number of nitrogens with one attached hydrogen (secondary N) is 1. The molecule has 2 heterocycles. The number of rotatable bonds is 3. The van der Waals surface area contributed by atoms with Gasteiger partial charge in [-0.15, -0.1) is 0 Å². The van der Waals surface area contributed by atoms with Gasteiger partial charge in [0.15, 0.2) is 0 Å². The van der Waals surface area contributed by atoms with Crippen molar-refractivity contribution in [3.8, 4) is 0 Å². The number of imide groups is 1. The first-order valence-electron chi connectivity index (χ1n) is 5.52. The molecule has 0 aliphatic carbocycles. The number of amides is 2. The first-order chi connectivity index (χ1) is 8.20. The molecule has 90 valence electrons. The van der Waals surface area contributed by atoms with Crippen molar-refractivity contribution >= 4 is 17.6 Å². The molecule has 0 unspecified atom stereocenters. The van der Waals surface area contributed by atoms with Crippen LogP contribution in [0.15, 0.2) is 12.4 Å². The van der Waals surface area contributed by atoms with E-state index in [4.69, 9.17) is 0 Å². The molecular formula is C11H14N4O2. The highest BCUT2D eigenvalue weighted by molar-refractivity contribution is 5.97. The predicted molar refractivity (Wildman–Crippen MR) is 61.0 cm³/mol. The SMILES string of the molecule is CNc1cnc(CN2C(=O)CCCC2=O)cn1. The van der Waals surface area contributed by atoms with Crippen molar-refractivity contribution in [2.75, 3.05) is 12.4 Å². The van der Waals surface area contributed by atoms with Gasteiger partial charge in [-0.05, 0) is 6.42 Å². The summed E-state index contributed by atoms with van der Waals surface area (Å²) in [5.74, 6) is 0.409. The van der Waals surface area contributed by atoms with E-state index in [1.807, 2.05) is 0 Å². The van der Waals surface area contributed by atoms with Crippen LogP contribution in [0.1, 0.15) is 25.0 Å². The summed E-state index contributed by atoms with van der Waals surface area (Å²) in [6.07, 6.45) is 4.68. The van der Waals surface area contributed by atoms with E-state index < -0.39 is 0 Å². The zero-order valence-electron chi connectivity index (χ0n) is 9.64. The average molecular weight is 234 g/mol. The maximum atomic E-state index is 11.6. The van der Waals surface area contributed by atoms with E-state index in [-0.39, 0.29) is 18.4 Å². The number of anilines is 1. The third-order valence-corrected chi connectivity index (χ3v) is 2.66. The van der Waals surface area contributed by atoms with Crippen LogP contribution in [0.5, 0.6) is 0 Å². The van der Waals surface area contributed by atoms with E-state index in [1.54, 1.807) is 19.4 Å². The summed E-state index contributed by atoms with van der Waals surface area (Å²) < 4.78 is 0. The number of nitrogens with zero attached hydrogens (tertiary/aromatic N) is 3. The molecule has 1 aromatic heterocycles. The maximum Gasteiger partial charge on any atom is 0.229 e. The van der Waals surface area contributed by atoms with Crippen LogP contribution < -0.4 is 5.32 Å². The van der Waals surface area contributed by atoms with Crippen LogP contribution in [0.4, 0.5) is 5.82 Å². The van der Waals surface area contributed by atoms with Crippen LogP contribution in [0, 0.1) is 0 Å². The lowest BCUT2D eigenvalue weighted by Crippen LogP contribution is -2.39. The fourth-order valence-corrected chi connectivity index (χ4v) is 1.70. The summed E-state index contributed by atoms with van der Waals surface area (Å²) in [6.45, 7) is 0.217. The van der Waals surface area contributed by atoms with Gasteiger partial charge < -0.3 is 5.32 Å². The molecule has 0 aromatic carbocycles. The first-order valence-corrected chi connectivity index (χ1v) is 5.52. The van der Waals surface area contributed by atoms with E-state index in [0.717, 1.165) is 0 Å². The molecule has 0 bridgehead atoms. The Hall–Kier alpha value is -1.98. The van der Waals surface area contributed by atoms with Gasteiger partial charge >= 0.3 is 0 Å². The zero-order chi connectivity index (χ0) is 12.3. The van der Waals surface area contributed by atoms with Gasteiger partial charge in [-0.3, -0.25) is 19.5 Å². The quantitative estimate of drug-likeness (QED) is 0.773. The monoisotopic (exact) mass is 234 g/mol. The summed E-state index contributed by atoms with van der Waals surface area (Å²) in [4.78, 5) is 32.6. The van der Waals surface area contributed by atoms with Crippen molar-refractivity contribution in [2.24, 2.45) is 0 Å². The number of aromatic nitrogens is 2. The molecule has 1 saturated heterocycles. The molecule has 0 radical (unpaired) electrons. The molecule has 1 N–H and O–H groups in total. The smallest absolute Gasteiger partial charge is 0.229 e. The second kappa shape index (κ2) is 4.90. The van der Waals surface area contributed by atoms with Crippen molar-refractivity contribution in [3.05, 3.63) is 18.1 Å². The molecule has 1 aromatic rings. The average Bonchev–Trinajstić information content (AvgIpc) is 2.35. The van der Waals surface area contributed by atoms with E-state index in [1.165, 1.54) is 4.90 Å². The third-order valence-electron chi connectivity index (χ3n) is 2.66. The Labute approximate surface area is 99.1 Å². The van der Waals surface area contributed by atoms with Crippen molar-refractivity contribution in [3.63, 3.8) is 0 Å². The Balaban J connectivity index is 2.08. The Morgan fingerprint density at radius 3 is 2.47 bits per heavy atom. The van der Waals surface area contributed by atoms with Gasteiger partial charge in [0.2, 0.25) is 11.8 Å². The minimum absolute atomic E-state index is 0.124. The molecule has 1 aliphatic heterocycles. The summed E-state index contributed by atoms with van der Waals surface area (Å²) in [5.41, 5.74) is 0.618. The second-order valence-corrected chi connectivity index (χ2v) is 3.87. The molecule has 1 aliphatic rings. The van der Waals surface area contributed by atoms with Gasteiger partial charge in [-0.2, -0.15) is 0 Å². The van der Waals surface area contributed by atoms with E-state index in [0.29, 0.717) is 30.8 Å². The maximum absolute atomic E-state index is 11.6. The molecule has 1 fully saturated rings. The molecule has 17 heavy (non-hydrogen) atoms. The number of likely N-dealkylation sites (tertiary alicyclic amines) is 1. The number of carbonyl (C=O) groups excluding carboxylic acids is 2. The Morgan fingerprint density at radius 1 is 1.24 bits per heavy atom. The predicted octanol–water partition coefficient (Wildman–Crippen LogP) is 0.557. The Morgan fingerprint density at radius 2 is 1.94 bits per heavy atom. The summed E-state index contributed by atoms with van der Waals surface area (Å²) in [7, 11) is 1.75. The van der Waals surface area contributed by atoms with Crippen LogP contribution >= 0.6 is 0 Å². The molecule has 6 nitrogen and oxygen atoms in total. The minimum Gasteiger partial charge on any atom is -0.372 e. The van der Waals surface area contributed by atoms with Crippen molar-refractivity contribution in [2.45, 2.75) is 25.8 Å². The topological polar surface area (TPSA) is 75.2 Å². The standard InChI is InChI=1S/C11H14N4O2/c1-12-9-6-13-8(5-14-9)7-15-10(16)3-2-4-11(15)17/h5-6H,2-4,7H2,1H3,(H,12,14). The number of hydrogen-bond donors (Lipinski definition) is 1. The fourth-order valence-electron chi connectivity index (χ4n) is 1.70. The lowest BCUT2D eigenvalue weighted by molar-refractivity contribution is -0.148. The van der Waals surface area contributed by atoms with Crippen LogP contribution in [0.25, 0.3) is 0 Å². The van der Waals surface area contributed by atoms with Gasteiger partial charge in [0.05, 0.1) is 24.6 Å². The summed E-state index contributed by atoms with van der Waals surface area (Å²) in [6, 6.07) is 0. The fraction of sp³-hybridized carbons (Fsp3) is 0.455. The lowest BCUT2D eigenvalue weighted by Gasteiger charge is -2.24. The van der Waals surface area contributed by atoms with Crippen molar-refractivity contribution in [1.82, 2.24) is 14.9 Å². The number of hydrogen-bond acceptors (Lipinski definition) is 5. The van der Waals surface area contributed by atoms with Gasteiger partial charge in [0.25, 0.3) is 0 Å². The highest BCUT2D eigenvalue weighted by Gasteiger charge is 2.26. The van der Waals surface area contributed by atoms with Crippen LogP contribution in [0.3, 0.4) is 0 Å². The molecule has 2 amide bonds. The van der Waals surface area contributed by atoms with Gasteiger partial charge in [-0.1, -0.05) is 0 Å². The molecule has 2 rings (SSSR count). The van der Waals surface area contributed by atoms with E-state index in [9.17, 15) is 9.59 Å².